The molecule has 4 nitrogen and oxygen atoms in total. The van der Waals surface area contributed by atoms with Gasteiger partial charge in [0.15, 0.2) is 0 Å². The van der Waals surface area contributed by atoms with Gasteiger partial charge in [0.1, 0.15) is 5.60 Å². The van der Waals surface area contributed by atoms with Crippen molar-refractivity contribution < 1.29 is 14.3 Å². The molecule has 1 aliphatic rings. The fourth-order valence-electron chi connectivity index (χ4n) is 1.18. The fraction of sp³-hybridized carbons (Fsp3) is 0.600. The lowest BCUT2D eigenvalue weighted by atomic mass is 10.0. The van der Waals surface area contributed by atoms with Crippen LogP contribution in [-0.2, 0) is 9.53 Å². The topological polar surface area (TPSA) is 46.6 Å². The zero-order valence-corrected chi connectivity index (χ0v) is 8.74. The van der Waals surface area contributed by atoms with Gasteiger partial charge in [0, 0.05) is 0 Å². The molecule has 78 valence electrons. The van der Waals surface area contributed by atoms with Crippen LogP contribution < -0.4 is 0 Å². The summed E-state index contributed by atoms with van der Waals surface area (Å²) < 4.78 is 5.06. The molecule has 2 amide bonds. The van der Waals surface area contributed by atoms with Gasteiger partial charge in [-0.3, -0.25) is 4.79 Å². The molecule has 0 spiro atoms. The van der Waals surface area contributed by atoms with Crippen molar-refractivity contribution in [3.05, 3.63) is 12.7 Å². The number of carbonyl (C=O) groups excluding carboxylic acids is 2. The Kier molecular flexibility index (Phi) is 2.64. The molecule has 1 unspecified atom stereocenters. The zero-order valence-electron chi connectivity index (χ0n) is 8.74. The molecular weight excluding hydrogens is 182 g/mol. The van der Waals surface area contributed by atoms with Crippen molar-refractivity contribution >= 4 is 12.0 Å². The molecule has 0 N–H and O–H groups in total. The van der Waals surface area contributed by atoms with Gasteiger partial charge in [-0.05, 0) is 20.8 Å². The molecule has 1 rings (SSSR count). The first-order valence-corrected chi connectivity index (χ1v) is 4.53. The van der Waals surface area contributed by atoms with Crippen LogP contribution in [0.25, 0.3) is 0 Å². The van der Waals surface area contributed by atoms with Crippen LogP contribution in [0, 0.1) is 0 Å². The predicted molar refractivity (Wildman–Crippen MR) is 51.7 cm³/mol. The number of ether oxygens (including phenoxy) is 1. The number of nitrogens with zero attached hydrogens (tertiary/aromatic N) is 1. The quantitative estimate of drug-likeness (QED) is 0.475. The highest BCUT2D eigenvalue weighted by Gasteiger charge is 2.41. The van der Waals surface area contributed by atoms with Crippen molar-refractivity contribution in [2.45, 2.75) is 38.8 Å². The highest BCUT2D eigenvalue weighted by molar-refractivity contribution is 5.98. The first kappa shape index (κ1) is 10.8. The standard InChI is InChI=1S/C10H15NO3/c1-5-7-6-8(12)11(7)9(13)14-10(2,3)4/h5,7H,1,6H2,2-4H3. The minimum absolute atomic E-state index is 0.197. The number of rotatable bonds is 1. The van der Waals surface area contributed by atoms with E-state index in [1.807, 2.05) is 0 Å². The van der Waals surface area contributed by atoms with Gasteiger partial charge in [0.05, 0.1) is 12.5 Å². The SMILES string of the molecule is C=CC1CC(=O)N1C(=O)OC(C)(C)C. The van der Waals surface area contributed by atoms with E-state index in [0.717, 1.165) is 4.90 Å². The monoisotopic (exact) mass is 197 g/mol. The molecule has 0 bridgehead atoms. The summed E-state index contributed by atoms with van der Waals surface area (Å²) in [7, 11) is 0. The van der Waals surface area contributed by atoms with E-state index in [0.29, 0.717) is 6.42 Å². The number of hydrogen-bond acceptors (Lipinski definition) is 3. The number of hydrogen-bond donors (Lipinski definition) is 0. The minimum Gasteiger partial charge on any atom is -0.443 e. The Morgan fingerprint density at radius 1 is 1.64 bits per heavy atom. The van der Waals surface area contributed by atoms with Crippen LogP contribution in [0.5, 0.6) is 0 Å². The Hall–Kier alpha value is -1.32. The van der Waals surface area contributed by atoms with Crippen LogP contribution in [0.2, 0.25) is 0 Å². The van der Waals surface area contributed by atoms with Crippen LogP contribution >= 0.6 is 0 Å². The van der Waals surface area contributed by atoms with Gasteiger partial charge in [-0.2, -0.15) is 0 Å². The van der Waals surface area contributed by atoms with E-state index in [1.165, 1.54) is 0 Å². The fourth-order valence-corrected chi connectivity index (χ4v) is 1.18. The lowest BCUT2D eigenvalue weighted by molar-refractivity contribution is -0.141. The highest BCUT2D eigenvalue weighted by Crippen LogP contribution is 2.22. The molecular formula is C10H15NO3. The van der Waals surface area contributed by atoms with Crippen LogP contribution in [-0.4, -0.2) is 28.5 Å². The van der Waals surface area contributed by atoms with Gasteiger partial charge in [-0.1, -0.05) is 6.08 Å². The number of amides is 2. The van der Waals surface area contributed by atoms with Crippen molar-refractivity contribution in [1.82, 2.24) is 4.90 Å². The van der Waals surface area contributed by atoms with Gasteiger partial charge in [0.2, 0.25) is 5.91 Å². The average Bonchev–Trinajstić information content (AvgIpc) is 1.95. The minimum atomic E-state index is -0.585. The third-order valence-corrected chi connectivity index (χ3v) is 1.85. The molecule has 1 fully saturated rings. The molecule has 1 atom stereocenters. The summed E-state index contributed by atoms with van der Waals surface area (Å²) in [6, 6.07) is -0.197. The van der Waals surface area contributed by atoms with Crippen molar-refractivity contribution in [1.29, 1.82) is 0 Å². The Balaban J connectivity index is 2.60. The van der Waals surface area contributed by atoms with Crippen LogP contribution in [0.4, 0.5) is 4.79 Å². The highest BCUT2D eigenvalue weighted by atomic mass is 16.6. The smallest absolute Gasteiger partial charge is 0.417 e. The largest absolute Gasteiger partial charge is 0.443 e. The summed E-state index contributed by atoms with van der Waals surface area (Å²) >= 11 is 0. The Morgan fingerprint density at radius 2 is 2.21 bits per heavy atom. The van der Waals surface area contributed by atoms with E-state index < -0.39 is 11.7 Å². The second kappa shape index (κ2) is 3.44. The van der Waals surface area contributed by atoms with Gasteiger partial charge >= 0.3 is 6.09 Å². The van der Waals surface area contributed by atoms with E-state index in [-0.39, 0.29) is 11.9 Å². The maximum absolute atomic E-state index is 11.5. The zero-order chi connectivity index (χ0) is 10.9. The second-order valence-electron chi connectivity index (χ2n) is 4.25. The average molecular weight is 197 g/mol. The first-order valence-electron chi connectivity index (χ1n) is 4.53. The molecule has 0 aromatic carbocycles. The van der Waals surface area contributed by atoms with Crippen molar-refractivity contribution in [2.75, 3.05) is 0 Å². The van der Waals surface area contributed by atoms with E-state index in [1.54, 1.807) is 26.8 Å². The number of imide groups is 1. The molecule has 1 saturated heterocycles. The number of likely N-dealkylation sites (tertiary alicyclic amines) is 1. The summed E-state index contributed by atoms with van der Waals surface area (Å²) in [5.74, 6) is -0.204. The normalized spacial score (nSPS) is 21.5. The van der Waals surface area contributed by atoms with Gasteiger partial charge in [-0.15, -0.1) is 6.58 Å². The van der Waals surface area contributed by atoms with Crippen molar-refractivity contribution in [2.24, 2.45) is 0 Å². The molecule has 4 heteroatoms. The molecule has 0 saturated carbocycles. The lowest BCUT2D eigenvalue weighted by Gasteiger charge is -2.37. The Bertz CT molecular complexity index is 278. The molecule has 14 heavy (non-hydrogen) atoms. The van der Waals surface area contributed by atoms with Crippen LogP contribution in [0.1, 0.15) is 27.2 Å². The first-order chi connectivity index (χ1) is 6.35. The van der Waals surface area contributed by atoms with E-state index in [2.05, 4.69) is 6.58 Å². The molecule has 0 radical (unpaired) electrons. The molecule has 1 heterocycles. The summed E-state index contributed by atoms with van der Waals surface area (Å²) in [5.41, 5.74) is -0.571. The molecule has 0 aliphatic carbocycles. The lowest BCUT2D eigenvalue weighted by Crippen LogP contribution is -2.55. The van der Waals surface area contributed by atoms with E-state index in [9.17, 15) is 9.59 Å². The summed E-state index contributed by atoms with van der Waals surface area (Å²) in [6.07, 6.45) is 1.34. The van der Waals surface area contributed by atoms with E-state index >= 15 is 0 Å². The number of β-lactam (4-membered cyclic amide) rings is 1. The van der Waals surface area contributed by atoms with E-state index in [4.69, 9.17) is 4.74 Å². The van der Waals surface area contributed by atoms with Crippen LogP contribution in [0.15, 0.2) is 12.7 Å². The third-order valence-electron chi connectivity index (χ3n) is 1.85. The summed E-state index contributed by atoms with van der Waals surface area (Å²) in [5, 5.41) is 0. The maximum atomic E-state index is 11.5. The van der Waals surface area contributed by atoms with Crippen molar-refractivity contribution in [3.63, 3.8) is 0 Å². The molecule has 0 aromatic heterocycles. The third kappa shape index (κ3) is 2.13. The Labute approximate surface area is 83.5 Å². The van der Waals surface area contributed by atoms with Crippen molar-refractivity contribution in [3.8, 4) is 0 Å². The second-order valence-corrected chi connectivity index (χ2v) is 4.25. The van der Waals surface area contributed by atoms with Gasteiger partial charge in [-0.25, -0.2) is 9.69 Å². The molecule has 1 aliphatic heterocycles. The van der Waals surface area contributed by atoms with Gasteiger partial charge < -0.3 is 4.74 Å². The Morgan fingerprint density at radius 3 is 2.57 bits per heavy atom. The van der Waals surface area contributed by atoms with Crippen LogP contribution in [0.3, 0.4) is 0 Å². The summed E-state index contributed by atoms with van der Waals surface area (Å²) in [4.78, 5) is 23.7. The summed E-state index contributed by atoms with van der Waals surface area (Å²) in [6.45, 7) is 8.83. The molecule has 0 aromatic rings. The number of carbonyl (C=O) groups is 2. The van der Waals surface area contributed by atoms with Gasteiger partial charge in [0.25, 0.3) is 0 Å². The maximum Gasteiger partial charge on any atom is 0.417 e. The predicted octanol–water partition coefficient (Wildman–Crippen LogP) is 1.71.